The molecule has 0 heterocycles. The maximum absolute atomic E-state index is 12.9. The SMILES string of the molecule is COC(=O)Cc1ccc2cc(F)ccc2c1. The lowest BCUT2D eigenvalue weighted by Crippen LogP contribution is -2.04. The fourth-order valence-electron chi connectivity index (χ4n) is 1.61. The minimum Gasteiger partial charge on any atom is -0.469 e. The Morgan fingerprint density at radius 1 is 1.19 bits per heavy atom. The summed E-state index contributed by atoms with van der Waals surface area (Å²) >= 11 is 0. The number of esters is 1. The maximum Gasteiger partial charge on any atom is 0.309 e. The highest BCUT2D eigenvalue weighted by molar-refractivity contribution is 5.84. The summed E-state index contributed by atoms with van der Waals surface area (Å²) in [6.07, 6.45) is 0.240. The lowest BCUT2D eigenvalue weighted by atomic mass is 10.1. The van der Waals surface area contributed by atoms with E-state index in [0.29, 0.717) is 0 Å². The maximum atomic E-state index is 12.9. The molecule has 0 spiro atoms. The third-order valence-corrected chi connectivity index (χ3v) is 2.44. The standard InChI is InChI=1S/C13H11FO2/c1-16-13(15)7-9-2-3-11-8-12(14)5-4-10(11)6-9/h2-6,8H,7H2,1H3. The first-order chi connectivity index (χ1) is 7.69. The van der Waals surface area contributed by atoms with Crippen LogP contribution < -0.4 is 0 Å². The van der Waals surface area contributed by atoms with E-state index in [9.17, 15) is 9.18 Å². The summed E-state index contributed by atoms with van der Waals surface area (Å²) in [6, 6.07) is 10.0. The molecule has 0 aromatic heterocycles. The van der Waals surface area contributed by atoms with Crippen molar-refractivity contribution in [1.29, 1.82) is 0 Å². The van der Waals surface area contributed by atoms with Gasteiger partial charge in [-0.2, -0.15) is 0 Å². The van der Waals surface area contributed by atoms with Gasteiger partial charge in [-0.1, -0.05) is 24.3 Å². The van der Waals surface area contributed by atoms with Crippen molar-refractivity contribution in [2.75, 3.05) is 7.11 Å². The van der Waals surface area contributed by atoms with Crippen molar-refractivity contribution in [1.82, 2.24) is 0 Å². The van der Waals surface area contributed by atoms with Gasteiger partial charge in [0.1, 0.15) is 5.82 Å². The normalized spacial score (nSPS) is 10.4. The zero-order valence-corrected chi connectivity index (χ0v) is 8.87. The number of benzene rings is 2. The summed E-state index contributed by atoms with van der Waals surface area (Å²) in [5.41, 5.74) is 0.867. The average molecular weight is 218 g/mol. The number of hydrogen-bond donors (Lipinski definition) is 0. The van der Waals surface area contributed by atoms with E-state index in [1.165, 1.54) is 19.2 Å². The fourth-order valence-corrected chi connectivity index (χ4v) is 1.61. The Morgan fingerprint density at radius 3 is 2.62 bits per heavy atom. The molecule has 0 unspecified atom stereocenters. The lowest BCUT2D eigenvalue weighted by Gasteiger charge is -2.02. The van der Waals surface area contributed by atoms with Crippen LogP contribution >= 0.6 is 0 Å². The van der Waals surface area contributed by atoms with Crippen molar-refractivity contribution in [3.05, 3.63) is 47.8 Å². The van der Waals surface area contributed by atoms with Crippen LogP contribution in [-0.4, -0.2) is 13.1 Å². The van der Waals surface area contributed by atoms with E-state index in [2.05, 4.69) is 4.74 Å². The molecule has 3 heteroatoms. The van der Waals surface area contributed by atoms with Crippen LogP contribution in [0.4, 0.5) is 4.39 Å². The molecule has 2 aromatic rings. The minimum absolute atomic E-state index is 0.240. The highest BCUT2D eigenvalue weighted by atomic mass is 19.1. The predicted octanol–water partition coefficient (Wildman–Crippen LogP) is 2.69. The van der Waals surface area contributed by atoms with Gasteiger partial charge in [0.05, 0.1) is 13.5 Å². The number of halogens is 1. The number of carbonyl (C=O) groups excluding carboxylic acids is 1. The van der Waals surface area contributed by atoms with Gasteiger partial charge >= 0.3 is 5.97 Å². The zero-order valence-electron chi connectivity index (χ0n) is 8.87. The topological polar surface area (TPSA) is 26.3 Å². The van der Waals surface area contributed by atoms with Gasteiger partial charge in [-0.3, -0.25) is 4.79 Å². The largest absolute Gasteiger partial charge is 0.469 e. The number of hydrogen-bond acceptors (Lipinski definition) is 2. The Morgan fingerprint density at radius 2 is 1.88 bits per heavy atom. The molecule has 0 saturated carbocycles. The molecule has 0 aliphatic carbocycles. The molecule has 0 atom stereocenters. The molecule has 0 saturated heterocycles. The average Bonchev–Trinajstić information content (AvgIpc) is 2.29. The number of methoxy groups -OCH3 is 1. The lowest BCUT2D eigenvalue weighted by molar-refractivity contribution is -0.139. The van der Waals surface area contributed by atoms with Gasteiger partial charge in [-0.25, -0.2) is 4.39 Å². The molecule has 0 radical (unpaired) electrons. The summed E-state index contributed by atoms with van der Waals surface area (Å²) in [5, 5.41) is 1.75. The van der Waals surface area contributed by atoms with Crippen molar-refractivity contribution in [3.8, 4) is 0 Å². The van der Waals surface area contributed by atoms with E-state index in [1.54, 1.807) is 18.2 Å². The summed E-state index contributed by atoms with van der Waals surface area (Å²) in [4.78, 5) is 11.1. The molecule has 0 bridgehead atoms. The Hall–Kier alpha value is -1.90. The Kier molecular flexibility index (Phi) is 2.86. The predicted molar refractivity (Wildman–Crippen MR) is 59.6 cm³/mol. The van der Waals surface area contributed by atoms with Gasteiger partial charge in [-0.05, 0) is 28.5 Å². The second-order valence-electron chi connectivity index (χ2n) is 3.58. The van der Waals surface area contributed by atoms with E-state index < -0.39 is 0 Å². The third-order valence-electron chi connectivity index (χ3n) is 2.44. The number of ether oxygens (including phenoxy) is 1. The molecule has 0 fully saturated rings. The second-order valence-corrected chi connectivity index (χ2v) is 3.58. The van der Waals surface area contributed by atoms with Gasteiger partial charge in [0, 0.05) is 0 Å². The molecular weight excluding hydrogens is 207 g/mol. The molecule has 0 N–H and O–H groups in total. The van der Waals surface area contributed by atoms with Crippen LogP contribution in [0.15, 0.2) is 36.4 Å². The summed E-state index contributed by atoms with van der Waals surface area (Å²) in [5.74, 6) is -0.533. The van der Waals surface area contributed by atoms with Crippen LogP contribution in [0, 0.1) is 5.82 Å². The van der Waals surface area contributed by atoms with Gasteiger partial charge in [-0.15, -0.1) is 0 Å². The minimum atomic E-state index is -0.276. The van der Waals surface area contributed by atoms with E-state index in [0.717, 1.165) is 16.3 Å². The van der Waals surface area contributed by atoms with Crippen LogP contribution in [0.3, 0.4) is 0 Å². The van der Waals surface area contributed by atoms with Gasteiger partial charge < -0.3 is 4.74 Å². The molecular formula is C13H11FO2. The molecule has 0 amide bonds. The number of fused-ring (bicyclic) bond motifs is 1. The second kappa shape index (κ2) is 4.31. The van der Waals surface area contributed by atoms with Crippen molar-refractivity contribution in [2.45, 2.75) is 6.42 Å². The number of carbonyl (C=O) groups is 1. The van der Waals surface area contributed by atoms with Crippen LogP contribution in [0.2, 0.25) is 0 Å². The van der Waals surface area contributed by atoms with Crippen molar-refractivity contribution in [2.24, 2.45) is 0 Å². The smallest absolute Gasteiger partial charge is 0.309 e. The van der Waals surface area contributed by atoms with Crippen LogP contribution in [-0.2, 0) is 16.0 Å². The Bertz CT molecular complexity index is 534. The first kappa shape index (κ1) is 10.6. The van der Waals surface area contributed by atoms with Crippen molar-refractivity contribution < 1.29 is 13.9 Å². The van der Waals surface area contributed by atoms with Gasteiger partial charge in [0.15, 0.2) is 0 Å². The molecule has 82 valence electrons. The highest BCUT2D eigenvalue weighted by Crippen LogP contribution is 2.17. The molecule has 0 aliphatic rings. The monoisotopic (exact) mass is 218 g/mol. The first-order valence-corrected chi connectivity index (χ1v) is 4.94. The third kappa shape index (κ3) is 2.19. The molecule has 16 heavy (non-hydrogen) atoms. The summed E-state index contributed by atoms with van der Waals surface area (Å²) in [7, 11) is 1.36. The molecule has 2 nitrogen and oxygen atoms in total. The van der Waals surface area contributed by atoms with Crippen molar-refractivity contribution in [3.63, 3.8) is 0 Å². The van der Waals surface area contributed by atoms with Crippen LogP contribution in [0.5, 0.6) is 0 Å². The number of rotatable bonds is 2. The van der Waals surface area contributed by atoms with Gasteiger partial charge in [0.2, 0.25) is 0 Å². The summed E-state index contributed by atoms with van der Waals surface area (Å²) in [6.45, 7) is 0. The van der Waals surface area contributed by atoms with Crippen molar-refractivity contribution >= 4 is 16.7 Å². The van der Waals surface area contributed by atoms with E-state index in [4.69, 9.17) is 0 Å². The molecule has 0 aliphatic heterocycles. The van der Waals surface area contributed by atoms with E-state index in [-0.39, 0.29) is 18.2 Å². The van der Waals surface area contributed by atoms with Crippen LogP contribution in [0.1, 0.15) is 5.56 Å². The zero-order chi connectivity index (χ0) is 11.5. The van der Waals surface area contributed by atoms with E-state index >= 15 is 0 Å². The van der Waals surface area contributed by atoms with Crippen LogP contribution in [0.25, 0.3) is 10.8 Å². The molecule has 2 aromatic carbocycles. The first-order valence-electron chi connectivity index (χ1n) is 4.94. The van der Waals surface area contributed by atoms with Gasteiger partial charge in [0.25, 0.3) is 0 Å². The summed E-state index contributed by atoms with van der Waals surface area (Å²) < 4.78 is 17.5. The van der Waals surface area contributed by atoms with E-state index in [1.807, 2.05) is 6.07 Å². The quantitative estimate of drug-likeness (QED) is 0.724. The Balaban J connectivity index is 2.37. The molecule has 2 rings (SSSR count). The Labute approximate surface area is 92.6 Å². The highest BCUT2D eigenvalue weighted by Gasteiger charge is 2.03. The fraction of sp³-hybridized carbons (Fsp3) is 0.154.